The molecule has 2 heterocycles. The topological polar surface area (TPSA) is 42.2 Å². The van der Waals surface area contributed by atoms with Crippen LogP contribution in [0.5, 0.6) is 0 Å². The zero-order valence-corrected chi connectivity index (χ0v) is 8.77. The molecule has 78 valence electrons. The van der Waals surface area contributed by atoms with E-state index >= 15 is 0 Å². The number of nitrogens with zero attached hydrogens (tertiary/aromatic N) is 3. The number of aryl methyl sites for hydroxylation is 1. The zero-order chi connectivity index (χ0) is 10.7. The lowest BCUT2D eigenvalue weighted by Gasteiger charge is -2.04. The number of nitrogens with one attached hydrogen (secondary N) is 1. The van der Waals surface area contributed by atoms with Crippen molar-refractivity contribution in [3.63, 3.8) is 0 Å². The second kappa shape index (κ2) is 4.13. The zero-order valence-electron chi connectivity index (χ0n) is 8.77. The molecule has 2 rings (SSSR count). The molecule has 0 saturated heterocycles. The smallest absolute Gasteiger partial charge is 0.152 e. The molecule has 4 nitrogen and oxygen atoms in total. The van der Waals surface area contributed by atoms with Crippen LogP contribution < -0.4 is 5.32 Å². The molecule has 0 aliphatic heterocycles. The van der Waals surface area contributed by atoms with Gasteiger partial charge in [-0.1, -0.05) is 6.08 Å². The molecule has 0 bridgehead atoms. The van der Waals surface area contributed by atoms with Crippen LogP contribution in [0.15, 0.2) is 31.1 Å². The van der Waals surface area contributed by atoms with E-state index in [0.717, 1.165) is 30.0 Å². The maximum Gasteiger partial charge on any atom is 0.152 e. The maximum absolute atomic E-state index is 4.32. The highest BCUT2D eigenvalue weighted by Crippen LogP contribution is 2.14. The Bertz CT molecular complexity index is 472. The number of aromatic nitrogens is 3. The quantitative estimate of drug-likeness (QED) is 0.609. The highest BCUT2D eigenvalue weighted by molar-refractivity contribution is 5.67. The molecule has 0 radical (unpaired) electrons. The molecule has 15 heavy (non-hydrogen) atoms. The predicted molar refractivity (Wildman–Crippen MR) is 61.0 cm³/mol. The van der Waals surface area contributed by atoms with Crippen molar-refractivity contribution in [3.05, 3.63) is 36.8 Å². The fourth-order valence-corrected chi connectivity index (χ4v) is 1.47. The van der Waals surface area contributed by atoms with Crippen LogP contribution in [0.25, 0.3) is 5.52 Å². The Balaban J connectivity index is 2.29. The van der Waals surface area contributed by atoms with Gasteiger partial charge >= 0.3 is 0 Å². The summed E-state index contributed by atoms with van der Waals surface area (Å²) in [4.78, 5) is 4.29. The largest absolute Gasteiger partial charge is 0.368 e. The van der Waals surface area contributed by atoms with Gasteiger partial charge in [0.2, 0.25) is 0 Å². The van der Waals surface area contributed by atoms with Gasteiger partial charge in [0.05, 0.1) is 5.69 Å². The second-order valence-electron chi connectivity index (χ2n) is 3.40. The maximum atomic E-state index is 4.32. The Hall–Kier alpha value is -1.84. The van der Waals surface area contributed by atoms with Crippen molar-refractivity contribution in [3.8, 4) is 0 Å². The van der Waals surface area contributed by atoms with E-state index < -0.39 is 0 Å². The van der Waals surface area contributed by atoms with E-state index in [2.05, 4.69) is 22.0 Å². The number of fused-ring (bicyclic) bond motifs is 1. The average Bonchev–Trinajstić information content (AvgIpc) is 2.59. The molecule has 0 unspecified atom stereocenters. The molecule has 0 amide bonds. The van der Waals surface area contributed by atoms with Gasteiger partial charge in [0.1, 0.15) is 5.52 Å². The number of rotatable bonds is 4. The van der Waals surface area contributed by atoms with E-state index in [9.17, 15) is 0 Å². The van der Waals surface area contributed by atoms with Crippen LogP contribution in [0.4, 0.5) is 5.82 Å². The SMILES string of the molecule is C=CCCNc1nccn2nc(C)cc12. The molecule has 2 aromatic rings. The van der Waals surface area contributed by atoms with Gasteiger partial charge in [0.25, 0.3) is 0 Å². The Morgan fingerprint density at radius 3 is 3.27 bits per heavy atom. The Kier molecular flexibility index (Phi) is 2.67. The van der Waals surface area contributed by atoms with Crippen molar-refractivity contribution in [2.45, 2.75) is 13.3 Å². The summed E-state index contributed by atoms with van der Waals surface area (Å²) in [6.07, 6.45) is 6.40. The molecular weight excluding hydrogens is 188 g/mol. The lowest BCUT2D eigenvalue weighted by molar-refractivity contribution is 0.919. The van der Waals surface area contributed by atoms with Gasteiger partial charge in [-0.3, -0.25) is 0 Å². The molecule has 0 aromatic carbocycles. The van der Waals surface area contributed by atoms with Crippen LogP contribution in [-0.4, -0.2) is 21.1 Å². The van der Waals surface area contributed by atoms with Crippen LogP contribution in [0, 0.1) is 6.92 Å². The summed E-state index contributed by atoms with van der Waals surface area (Å²) in [5, 5.41) is 7.58. The first kappa shape index (κ1) is 9.71. The van der Waals surface area contributed by atoms with Crippen LogP contribution in [0.3, 0.4) is 0 Å². The van der Waals surface area contributed by atoms with E-state index in [-0.39, 0.29) is 0 Å². The average molecular weight is 202 g/mol. The summed E-state index contributed by atoms with van der Waals surface area (Å²) in [5.41, 5.74) is 2.01. The van der Waals surface area contributed by atoms with Crippen molar-refractivity contribution >= 4 is 11.3 Å². The summed E-state index contributed by atoms with van der Waals surface area (Å²) in [6.45, 7) is 6.50. The molecule has 0 aliphatic carbocycles. The summed E-state index contributed by atoms with van der Waals surface area (Å²) in [6, 6.07) is 2.02. The minimum Gasteiger partial charge on any atom is -0.368 e. The highest BCUT2D eigenvalue weighted by Gasteiger charge is 2.03. The fourth-order valence-electron chi connectivity index (χ4n) is 1.47. The van der Waals surface area contributed by atoms with Gasteiger partial charge in [-0.25, -0.2) is 9.50 Å². The molecule has 0 fully saturated rings. The first-order valence-corrected chi connectivity index (χ1v) is 4.97. The third-order valence-corrected chi connectivity index (χ3v) is 2.15. The van der Waals surface area contributed by atoms with Gasteiger partial charge in [-0.05, 0) is 19.4 Å². The lowest BCUT2D eigenvalue weighted by atomic mass is 10.4. The van der Waals surface area contributed by atoms with Crippen LogP contribution >= 0.6 is 0 Å². The van der Waals surface area contributed by atoms with E-state index in [1.165, 1.54) is 0 Å². The molecule has 0 atom stereocenters. The number of hydrogen-bond donors (Lipinski definition) is 1. The van der Waals surface area contributed by atoms with Crippen molar-refractivity contribution in [1.29, 1.82) is 0 Å². The van der Waals surface area contributed by atoms with Crippen molar-refractivity contribution < 1.29 is 0 Å². The van der Waals surface area contributed by atoms with Crippen molar-refractivity contribution in [2.24, 2.45) is 0 Å². The van der Waals surface area contributed by atoms with Gasteiger partial charge in [0, 0.05) is 18.9 Å². The molecule has 0 aliphatic rings. The predicted octanol–water partition coefficient (Wildman–Crippen LogP) is 2.03. The van der Waals surface area contributed by atoms with E-state index in [1.807, 2.05) is 29.8 Å². The van der Waals surface area contributed by atoms with Crippen molar-refractivity contribution in [1.82, 2.24) is 14.6 Å². The Labute approximate surface area is 88.6 Å². The minimum atomic E-state index is 0.848. The third kappa shape index (κ3) is 1.98. The summed E-state index contributed by atoms with van der Waals surface area (Å²) in [7, 11) is 0. The monoisotopic (exact) mass is 202 g/mol. The van der Waals surface area contributed by atoms with E-state index in [1.54, 1.807) is 6.20 Å². The second-order valence-corrected chi connectivity index (χ2v) is 3.40. The first-order valence-electron chi connectivity index (χ1n) is 4.97. The number of hydrogen-bond acceptors (Lipinski definition) is 3. The minimum absolute atomic E-state index is 0.848. The molecular formula is C11H14N4. The van der Waals surface area contributed by atoms with Crippen LogP contribution in [-0.2, 0) is 0 Å². The van der Waals surface area contributed by atoms with Gasteiger partial charge in [0.15, 0.2) is 5.82 Å². The summed E-state index contributed by atoms with van der Waals surface area (Å²) in [5.74, 6) is 0.875. The van der Waals surface area contributed by atoms with Crippen molar-refractivity contribution in [2.75, 3.05) is 11.9 Å². The van der Waals surface area contributed by atoms with E-state index in [4.69, 9.17) is 0 Å². The summed E-state index contributed by atoms with van der Waals surface area (Å²) < 4.78 is 1.83. The third-order valence-electron chi connectivity index (χ3n) is 2.15. The summed E-state index contributed by atoms with van der Waals surface area (Å²) >= 11 is 0. The first-order chi connectivity index (χ1) is 7.31. The van der Waals surface area contributed by atoms with E-state index in [0.29, 0.717) is 0 Å². The molecule has 0 spiro atoms. The molecule has 4 heteroatoms. The molecule has 1 N–H and O–H groups in total. The number of anilines is 1. The fraction of sp³-hybridized carbons (Fsp3) is 0.273. The Morgan fingerprint density at radius 2 is 2.47 bits per heavy atom. The van der Waals surface area contributed by atoms with Crippen LogP contribution in [0.2, 0.25) is 0 Å². The molecule has 0 saturated carbocycles. The van der Waals surface area contributed by atoms with Gasteiger partial charge < -0.3 is 5.32 Å². The standard InChI is InChI=1S/C11H14N4/c1-3-4-5-12-11-10-8-9(2)14-15(10)7-6-13-11/h3,6-8H,1,4-5H2,2H3,(H,12,13). The van der Waals surface area contributed by atoms with Gasteiger partial charge in [-0.2, -0.15) is 5.10 Å². The normalized spacial score (nSPS) is 10.5. The van der Waals surface area contributed by atoms with Crippen LogP contribution in [0.1, 0.15) is 12.1 Å². The Morgan fingerprint density at radius 1 is 1.60 bits per heavy atom. The van der Waals surface area contributed by atoms with Gasteiger partial charge in [-0.15, -0.1) is 6.58 Å². The molecule has 2 aromatic heterocycles. The highest BCUT2D eigenvalue weighted by atomic mass is 15.2. The lowest BCUT2D eigenvalue weighted by Crippen LogP contribution is -2.04.